The highest BCUT2D eigenvalue weighted by Crippen LogP contribution is 2.26. The zero-order valence-electron chi connectivity index (χ0n) is 10.8. The highest BCUT2D eigenvalue weighted by atomic mass is 32.2. The Kier molecular flexibility index (Phi) is 4.21. The van der Waals surface area contributed by atoms with Gasteiger partial charge in [-0.15, -0.1) is 0 Å². The molecule has 0 spiro atoms. The number of anilines is 1. The first-order valence-corrected chi connectivity index (χ1v) is 7.26. The highest BCUT2D eigenvalue weighted by Gasteiger charge is 2.20. The van der Waals surface area contributed by atoms with Crippen LogP contribution in [-0.2, 0) is 16.6 Å². The molecule has 0 saturated carbocycles. The molecule has 2 aromatic rings. The minimum Gasteiger partial charge on any atom is -0.495 e. The number of aliphatic hydroxyl groups is 1. The molecule has 0 unspecified atom stereocenters. The summed E-state index contributed by atoms with van der Waals surface area (Å²) in [5.41, 5.74) is 0.835. The zero-order valence-corrected chi connectivity index (χ0v) is 11.6. The molecule has 0 aliphatic carbocycles. The van der Waals surface area contributed by atoms with Crippen LogP contribution in [0.4, 0.5) is 5.69 Å². The van der Waals surface area contributed by atoms with Crippen molar-refractivity contribution in [3.05, 3.63) is 48.3 Å². The minimum absolute atomic E-state index is 0.0320. The Morgan fingerprint density at radius 3 is 2.75 bits per heavy atom. The Bertz CT molecular complexity index is 687. The fourth-order valence-electron chi connectivity index (χ4n) is 1.66. The van der Waals surface area contributed by atoms with Gasteiger partial charge in [0.25, 0.3) is 10.0 Å². The van der Waals surface area contributed by atoms with Crippen LogP contribution in [-0.4, -0.2) is 25.6 Å². The van der Waals surface area contributed by atoms with Crippen LogP contribution in [0.3, 0.4) is 0 Å². The fraction of sp³-hybridized carbons (Fsp3) is 0.154. The lowest BCUT2D eigenvalue weighted by Crippen LogP contribution is -2.14. The lowest BCUT2D eigenvalue weighted by molar-refractivity contribution is 0.281. The number of hydrogen-bond acceptors (Lipinski definition) is 5. The van der Waals surface area contributed by atoms with E-state index in [2.05, 4.69) is 9.71 Å². The molecule has 1 heterocycles. The van der Waals surface area contributed by atoms with Gasteiger partial charge in [0.05, 0.1) is 25.6 Å². The van der Waals surface area contributed by atoms with Gasteiger partial charge in [-0.25, -0.2) is 8.42 Å². The van der Waals surface area contributed by atoms with Gasteiger partial charge in [-0.2, -0.15) is 0 Å². The molecule has 0 amide bonds. The molecular formula is C13H14N2O4S. The summed E-state index contributed by atoms with van der Waals surface area (Å²) in [6.45, 7) is -0.251. The van der Waals surface area contributed by atoms with Gasteiger partial charge < -0.3 is 9.84 Å². The second-order valence-corrected chi connectivity index (χ2v) is 5.64. The number of hydrogen-bond donors (Lipinski definition) is 2. The summed E-state index contributed by atoms with van der Waals surface area (Å²) in [5.74, 6) is 0.207. The third kappa shape index (κ3) is 3.06. The molecular weight excluding hydrogens is 280 g/mol. The Labute approximate surface area is 117 Å². The molecule has 7 heteroatoms. The van der Waals surface area contributed by atoms with E-state index in [9.17, 15) is 8.42 Å². The van der Waals surface area contributed by atoms with Crippen LogP contribution in [0.2, 0.25) is 0 Å². The molecule has 0 bridgehead atoms. The smallest absolute Gasteiger partial charge is 0.265 e. The molecule has 6 nitrogen and oxygen atoms in total. The quantitative estimate of drug-likeness (QED) is 0.869. The van der Waals surface area contributed by atoms with Gasteiger partial charge in [0.1, 0.15) is 10.6 Å². The van der Waals surface area contributed by atoms with E-state index in [4.69, 9.17) is 9.84 Å². The van der Waals surface area contributed by atoms with Gasteiger partial charge in [0.2, 0.25) is 0 Å². The van der Waals surface area contributed by atoms with E-state index in [0.717, 1.165) is 0 Å². The Hall–Kier alpha value is -2.12. The largest absolute Gasteiger partial charge is 0.495 e. The zero-order chi connectivity index (χ0) is 14.6. The molecule has 0 aliphatic rings. The van der Waals surface area contributed by atoms with E-state index >= 15 is 0 Å². The van der Waals surface area contributed by atoms with Gasteiger partial charge in [-0.05, 0) is 29.8 Å². The molecule has 20 heavy (non-hydrogen) atoms. The first-order valence-electron chi connectivity index (χ1n) is 5.77. The van der Waals surface area contributed by atoms with E-state index in [1.165, 1.54) is 25.4 Å². The monoisotopic (exact) mass is 294 g/mol. The molecule has 1 aromatic carbocycles. The van der Waals surface area contributed by atoms with Crippen LogP contribution in [0, 0.1) is 0 Å². The van der Waals surface area contributed by atoms with E-state index in [-0.39, 0.29) is 17.3 Å². The molecule has 0 aliphatic heterocycles. The standard InChI is InChI=1S/C13H14N2O4S/c1-19-12-5-4-10(9-16)7-13(12)20(17,18)15-11-3-2-6-14-8-11/h2-8,15-16H,9H2,1H3. The fourth-order valence-corrected chi connectivity index (χ4v) is 2.93. The van der Waals surface area contributed by atoms with E-state index in [1.54, 1.807) is 24.4 Å². The SMILES string of the molecule is COc1ccc(CO)cc1S(=O)(=O)Nc1cccnc1. The van der Waals surface area contributed by atoms with Crippen LogP contribution in [0.25, 0.3) is 0 Å². The van der Waals surface area contributed by atoms with Crippen LogP contribution in [0.5, 0.6) is 5.75 Å². The number of rotatable bonds is 5. The van der Waals surface area contributed by atoms with Crippen LogP contribution < -0.4 is 9.46 Å². The number of ether oxygens (including phenoxy) is 1. The summed E-state index contributed by atoms with van der Waals surface area (Å²) in [7, 11) is -2.43. The van der Waals surface area contributed by atoms with Crippen molar-refractivity contribution in [1.29, 1.82) is 0 Å². The van der Waals surface area contributed by atoms with Crippen molar-refractivity contribution >= 4 is 15.7 Å². The van der Waals surface area contributed by atoms with Crippen molar-refractivity contribution in [2.45, 2.75) is 11.5 Å². The third-order valence-electron chi connectivity index (χ3n) is 2.61. The Balaban J connectivity index is 2.43. The summed E-state index contributed by atoms with van der Waals surface area (Å²) in [5, 5.41) is 9.12. The highest BCUT2D eigenvalue weighted by molar-refractivity contribution is 7.92. The molecule has 0 saturated heterocycles. The van der Waals surface area contributed by atoms with E-state index in [0.29, 0.717) is 11.3 Å². The Morgan fingerprint density at radius 2 is 2.15 bits per heavy atom. The van der Waals surface area contributed by atoms with Crippen molar-refractivity contribution in [2.75, 3.05) is 11.8 Å². The normalized spacial score (nSPS) is 11.1. The first kappa shape index (κ1) is 14.3. The van der Waals surface area contributed by atoms with Gasteiger partial charge in [0, 0.05) is 6.20 Å². The van der Waals surface area contributed by atoms with Crippen LogP contribution >= 0.6 is 0 Å². The molecule has 106 valence electrons. The number of benzene rings is 1. The molecule has 0 radical (unpaired) electrons. The van der Waals surface area contributed by atoms with Crippen LogP contribution in [0.1, 0.15) is 5.56 Å². The summed E-state index contributed by atoms with van der Waals surface area (Å²) >= 11 is 0. The molecule has 0 fully saturated rings. The van der Waals surface area contributed by atoms with Crippen molar-refractivity contribution in [2.24, 2.45) is 0 Å². The summed E-state index contributed by atoms with van der Waals surface area (Å²) in [6.07, 6.45) is 2.95. The van der Waals surface area contributed by atoms with Crippen molar-refractivity contribution < 1.29 is 18.3 Å². The average Bonchev–Trinajstić information content (AvgIpc) is 2.47. The number of aromatic nitrogens is 1. The number of aliphatic hydroxyl groups excluding tert-OH is 1. The van der Waals surface area contributed by atoms with Gasteiger partial charge in [-0.3, -0.25) is 9.71 Å². The maximum absolute atomic E-state index is 12.3. The number of methoxy groups -OCH3 is 1. The topological polar surface area (TPSA) is 88.5 Å². The van der Waals surface area contributed by atoms with Crippen molar-refractivity contribution in [3.8, 4) is 5.75 Å². The predicted octanol–water partition coefficient (Wildman–Crippen LogP) is 1.38. The van der Waals surface area contributed by atoms with Crippen LogP contribution in [0.15, 0.2) is 47.6 Å². The minimum atomic E-state index is -3.81. The molecule has 1 aromatic heterocycles. The number of pyridine rings is 1. The number of sulfonamides is 1. The first-order chi connectivity index (χ1) is 9.56. The third-order valence-corrected chi connectivity index (χ3v) is 4.02. The summed E-state index contributed by atoms with van der Waals surface area (Å²) < 4.78 is 32.2. The molecule has 2 rings (SSSR count). The maximum Gasteiger partial charge on any atom is 0.265 e. The maximum atomic E-state index is 12.3. The average molecular weight is 294 g/mol. The van der Waals surface area contributed by atoms with Crippen molar-refractivity contribution in [3.63, 3.8) is 0 Å². The summed E-state index contributed by atoms with van der Waals surface area (Å²) in [6, 6.07) is 7.69. The molecule has 2 N–H and O–H groups in total. The van der Waals surface area contributed by atoms with Gasteiger partial charge >= 0.3 is 0 Å². The van der Waals surface area contributed by atoms with E-state index < -0.39 is 10.0 Å². The van der Waals surface area contributed by atoms with Crippen molar-refractivity contribution in [1.82, 2.24) is 4.98 Å². The second kappa shape index (κ2) is 5.89. The number of nitrogens with zero attached hydrogens (tertiary/aromatic N) is 1. The number of nitrogens with one attached hydrogen (secondary N) is 1. The predicted molar refractivity (Wildman–Crippen MR) is 74.0 cm³/mol. The molecule has 0 atom stereocenters. The lowest BCUT2D eigenvalue weighted by Gasteiger charge is -2.12. The van der Waals surface area contributed by atoms with Gasteiger partial charge in [-0.1, -0.05) is 6.07 Å². The van der Waals surface area contributed by atoms with Gasteiger partial charge in [0.15, 0.2) is 0 Å². The second-order valence-electron chi connectivity index (χ2n) is 3.99. The van der Waals surface area contributed by atoms with E-state index in [1.807, 2.05) is 0 Å². The Morgan fingerprint density at radius 1 is 1.35 bits per heavy atom. The lowest BCUT2D eigenvalue weighted by atomic mass is 10.2. The summed E-state index contributed by atoms with van der Waals surface area (Å²) in [4.78, 5) is 3.81.